The minimum Gasteiger partial charge on any atom is -0.356 e. The summed E-state index contributed by atoms with van der Waals surface area (Å²) in [5, 5.41) is 10.5. The lowest BCUT2D eigenvalue weighted by molar-refractivity contribution is 0.102. The highest BCUT2D eigenvalue weighted by Crippen LogP contribution is 2.20. The Labute approximate surface area is 133 Å². The van der Waals surface area contributed by atoms with Crippen LogP contribution in [0.15, 0.2) is 30.3 Å². The van der Waals surface area contributed by atoms with Crippen molar-refractivity contribution >= 4 is 29.1 Å². The highest BCUT2D eigenvalue weighted by molar-refractivity contribution is 6.34. The van der Waals surface area contributed by atoms with Gasteiger partial charge in [-0.2, -0.15) is 0 Å². The number of carbonyl (C=O) groups is 1. The van der Waals surface area contributed by atoms with Gasteiger partial charge in [0.25, 0.3) is 5.91 Å². The Morgan fingerprint density at radius 3 is 2.50 bits per heavy atom. The van der Waals surface area contributed by atoms with E-state index in [1.54, 1.807) is 12.1 Å². The number of rotatable bonds is 5. The topological polar surface area (TPSA) is 58.1 Å². The van der Waals surface area contributed by atoms with Crippen LogP contribution in [0.3, 0.4) is 0 Å². The summed E-state index contributed by atoms with van der Waals surface area (Å²) < 4.78 is 13.7. The van der Waals surface area contributed by atoms with E-state index in [9.17, 15) is 9.18 Å². The minimum atomic E-state index is -0.683. The lowest BCUT2D eigenvalue weighted by Gasteiger charge is -2.18. The number of benzene rings is 1. The average molecular weight is 323 g/mol. The van der Waals surface area contributed by atoms with Crippen molar-refractivity contribution in [3.8, 4) is 0 Å². The molecule has 0 aliphatic heterocycles. The average Bonchev–Trinajstić information content (AvgIpc) is 2.50. The van der Waals surface area contributed by atoms with Crippen LogP contribution < -0.4 is 10.2 Å². The van der Waals surface area contributed by atoms with Crippen molar-refractivity contribution in [2.24, 2.45) is 0 Å². The highest BCUT2D eigenvalue weighted by atomic mass is 35.5. The predicted octanol–water partition coefficient (Wildman–Crippen LogP) is 3.37. The SMILES string of the molecule is CCN(CC)c1ccc(NC(=O)c2c(F)cccc2Cl)nn1. The molecule has 1 heterocycles. The number of nitrogens with one attached hydrogen (secondary N) is 1. The van der Waals surface area contributed by atoms with Crippen molar-refractivity contribution in [2.75, 3.05) is 23.3 Å². The highest BCUT2D eigenvalue weighted by Gasteiger charge is 2.16. The van der Waals surface area contributed by atoms with Crippen molar-refractivity contribution in [2.45, 2.75) is 13.8 Å². The fourth-order valence-electron chi connectivity index (χ4n) is 2.00. The molecule has 0 atom stereocenters. The molecule has 0 saturated heterocycles. The van der Waals surface area contributed by atoms with E-state index in [2.05, 4.69) is 15.5 Å². The number of carbonyl (C=O) groups excluding carboxylic acids is 1. The van der Waals surface area contributed by atoms with Crippen LogP contribution in [0.25, 0.3) is 0 Å². The lowest BCUT2D eigenvalue weighted by Crippen LogP contribution is -2.23. The summed E-state index contributed by atoms with van der Waals surface area (Å²) in [7, 11) is 0. The molecule has 0 bridgehead atoms. The van der Waals surface area contributed by atoms with E-state index in [0.29, 0.717) is 5.82 Å². The molecule has 0 aliphatic rings. The molecule has 0 spiro atoms. The molecule has 1 amide bonds. The minimum absolute atomic E-state index is 0.0465. The molecule has 2 aromatic rings. The van der Waals surface area contributed by atoms with Crippen molar-refractivity contribution in [1.82, 2.24) is 10.2 Å². The van der Waals surface area contributed by atoms with E-state index in [4.69, 9.17) is 11.6 Å². The van der Waals surface area contributed by atoms with Gasteiger partial charge in [-0.15, -0.1) is 10.2 Å². The van der Waals surface area contributed by atoms with E-state index in [1.165, 1.54) is 18.2 Å². The third-order valence-corrected chi connectivity index (χ3v) is 3.48. The van der Waals surface area contributed by atoms with Gasteiger partial charge in [0.1, 0.15) is 5.82 Å². The first-order valence-corrected chi connectivity index (χ1v) is 7.28. The van der Waals surface area contributed by atoms with Crippen LogP contribution in [0.1, 0.15) is 24.2 Å². The van der Waals surface area contributed by atoms with E-state index < -0.39 is 11.7 Å². The standard InChI is InChI=1S/C15H16ClFN4O/c1-3-21(4-2)13-9-8-12(19-20-13)18-15(22)14-10(16)6-5-7-11(14)17/h5-9H,3-4H2,1-2H3,(H,18,19,22). The quantitative estimate of drug-likeness (QED) is 0.917. The van der Waals surface area contributed by atoms with Crippen LogP contribution in [0.2, 0.25) is 5.02 Å². The van der Waals surface area contributed by atoms with E-state index >= 15 is 0 Å². The molecular formula is C15H16ClFN4O. The number of amides is 1. The maximum Gasteiger partial charge on any atom is 0.261 e. The Hall–Kier alpha value is -2.21. The molecule has 116 valence electrons. The van der Waals surface area contributed by atoms with Crippen LogP contribution in [0.4, 0.5) is 16.0 Å². The van der Waals surface area contributed by atoms with Crippen molar-refractivity contribution in [3.63, 3.8) is 0 Å². The van der Waals surface area contributed by atoms with Crippen LogP contribution in [-0.2, 0) is 0 Å². The van der Waals surface area contributed by atoms with E-state index in [-0.39, 0.29) is 16.4 Å². The second-order valence-corrected chi connectivity index (χ2v) is 4.91. The van der Waals surface area contributed by atoms with Gasteiger partial charge in [0.05, 0.1) is 10.6 Å². The molecule has 1 aromatic carbocycles. The summed E-state index contributed by atoms with van der Waals surface area (Å²) >= 11 is 5.85. The summed E-state index contributed by atoms with van der Waals surface area (Å²) in [5.74, 6) is -0.391. The third-order valence-electron chi connectivity index (χ3n) is 3.17. The van der Waals surface area contributed by atoms with Gasteiger partial charge in [-0.05, 0) is 38.1 Å². The molecule has 1 aromatic heterocycles. The van der Waals surface area contributed by atoms with Gasteiger partial charge in [0.2, 0.25) is 0 Å². The maximum absolute atomic E-state index is 13.7. The molecule has 0 saturated carbocycles. The molecule has 0 unspecified atom stereocenters. The summed E-state index contributed by atoms with van der Waals surface area (Å²) in [4.78, 5) is 14.1. The molecule has 5 nitrogen and oxygen atoms in total. The predicted molar refractivity (Wildman–Crippen MR) is 85.0 cm³/mol. The van der Waals surface area contributed by atoms with Crippen molar-refractivity contribution < 1.29 is 9.18 Å². The van der Waals surface area contributed by atoms with E-state index in [0.717, 1.165) is 13.1 Å². The Kier molecular flexibility index (Phi) is 5.27. The zero-order valence-electron chi connectivity index (χ0n) is 12.3. The summed E-state index contributed by atoms with van der Waals surface area (Å²) in [6, 6.07) is 7.43. The van der Waals surface area contributed by atoms with Gasteiger partial charge in [0, 0.05) is 13.1 Å². The number of anilines is 2. The molecule has 7 heteroatoms. The molecule has 0 radical (unpaired) electrons. The normalized spacial score (nSPS) is 10.4. The van der Waals surface area contributed by atoms with Crippen LogP contribution in [0.5, 0.6) is 0 Å². The second-order valence-electron chi connectivity index (χ2n) is 4.50. The number of hydrogen-bond donors (Lipinski definition) is 1. The van der Waals surface area contributed by atoms with Crippen LogP contribution >= 0.6 is 11.6 Å². The van der Waals surface area contributed by atoms with Gasteiger partial charge in [-0.3, -0.25) is 4.79 Å². The number of hydrogen-bond acceptors (Lipinski definition) is 4. The van der Waals surface area contributed by atoms with Gasteiger partial charge in [-0.1, -0.05) is 17.7 Å². The van der Waals surface area contributed by atoms with Gasteiger partial charge < -0.3 is 10.2 Å². The van der Waals surface area contributed by atoms with Crippen molar-refractivity contribution in [1.29, 1.82) is 0 Å². The molecule has 22 heavy (non-hydrogen) atoms. The summed E-state index contributed by atoms with van der Waals surface area (Å²) in [6.07, 6.45) is 0. The number of halogens is 2. The number of nitrogens with zero attached hydrogens (tertiary/aromatic N) is 3. The van der Waals surface area contributed by atoms with E-state index in [1.807, 2.05) is 18.7 Å². The molecule has 0 aliphatic carbocycles. The summed E-state index contributed by atoms with van der Waals surface area (Å²) in [5.41, 5.74) is -0.209. The van der Waals surface area contributed by atoms with Gasteiger partial charge >= 0.3 is 0 Å². The Balaban J connectivity index is 2.16. The Morgan fingerprint density at radius 2 is 1.95 bits per heavy atom. The third kappa shape index (κ3) is 3.51. The first-order chi connectivity index (χ1) is 10.6. The maximum atomic E-state index is 13.7. The van der Waals surface area contributed by atoms with Crippen LogP contribution in [0, 0.1) is 5.82 Å². The zero-order chi connectivity index (χ0) is 16.1. The first kappa shape index (κ1) is 16.2. The first-order valence-electron chi connectivity index (χ1n) is 6.90. The molecule has 0 fully saturated rings. The lowest BCUT2D eigenvalue weighted by atomic mass is 10.2. The molecular weight excluding hydrogens is 307 g/mol. The Bertz CT molecular complexity index is 639. The summed E-state index contributed by atoms with van der Waals surface area (Å²) in [6.45, 7) is 5.64. The smallest absolute Gasteiger partial charge is 0.261 e. The van der Waals surface area contributed by atoms with Crippen LogP contribution in [-0.4, -0.2) is 29.2 Å². The Morgan fingerprint density at radius 1 is 1.23 bits per heavy atom. The zero-order valence-corrected chi connectivity index (χ0v) is 13.1. The fraction of sp³-hybridized carbons (Fsp3) is 0.267. The van der Waals surface area contributed by atoms with Crippen molar-refractivity contribution in [3.05, 3.63) is 46.7 Å². The van der Waals surface area contributed by atoms with Gasteiger partial charge in [-0.25, -0.2) is 4.39 Å². The number of aromatic nitrogens is 2. The van der Waals surface area contributed by atoms with Gasteiger partial charge in [0.15, 0.2) is 11.6 Å². The molecule has 2 rings (SSSR count). The largest absolute Gasteiger partial charge is 0.356 e. The molecule has 1 N–H and O–H groups in total. The fourth-order valence-corrected chi connectivity index (χ4v) is 2.25. The monoisotopic (exact) mass is 322 g/mol. The second kappa shape index (κ2) is 7.17.